The third-order valence-corrected chi connectivity index (χ3v) is 2.81. The molecule has 1 saturated carbocycles. The van der Waals surface area contributed by atoms with Gasteiger partial charge in [-0.25, -0.2) is 4.98 Å². The third kappa shape index (κ3) is 3.18. The molecule has 0 saturated heterocycles. The van der Waals surface area contributed by atoms with E-state index >= 15 is 0 Å². The van der Waals surface area contributed by atoms with Crippen molar-refractivity contribution in [2.75, 3.05) is 0 Å². The molecule has 0 spiro atoms. The van der Waals surface area contributed by atoms with Crippen molar-refractivity contribution in [2.45, 2.75) is 44.6 Å². The maximum absolute atomic E-state index is 12.6. The molecule has 3 heteroatoms. The highest BCUT2D eigenvalue weighted by Gasteiger charge is 2.13. The van der Waals surface area contributed by atoms with Crippen molar-refractivity contribution in [2.24, 2.45) is 0 Å². The molecule has 82 valence electrons. The average molecular weight is 209 g/mol. The van der Waals surface area contributed by atoms with Crippen LogP contribution in [0.5, 0.6) is 5.75 Å². The number of hydrogen-bond donors (Lipinski definition) is 0. The summed E-state index contributed by atoms with van der Waals surface area (Å²) in [6.07, 6.45) is 9.05. The standard InChI is InChI=1S/C12H16FNO/c13-12-8-7-11(9-14-12)15-10-5-3-1-2-4-6-10/h7-10H,1-6H2. The van der Waals surface area contributed by atoms with Crippen LogP contribution in [0.25, 0.3) is 0 Å². The van der Waals surface area contributed by atoms with Crippen LogP contribution in [0.1, 0.15) is 38.5 Å². The molecule has 15 heavy (non-hydrogen) atoms. The topological polar surface area (TPSA) is 22.1 Å². The van der Waals surface area contributed by atoms with Crippen LogP contribution in [0, 0.1) is 5.95 Å². The van der Waals surface area contributed by atoms with Gasteiger partial charge >= 0.3 is 0 Å². The molecule has 1 aromatic heterocycles. The molecule has 2 nitrogen and oxygen atoms in total. The fourth-order valence-electron chi connectivity index (χ4n) is 1.98. The van der Waals surface area contributed by atoms with Gasteiger partial charge < -0.3 is 4.74 Å². The SMILES string of the molecule is Fc1ccc(OC2CCCCCC2)cn1. The quantitative estimate of drug-likeness (QED) is 0.550. The van der Waals surface area contributed by atoms with Crippen molar-refractivity contribution in [1.82, 2.24) is 4.98 Å². The monoisotopic (exact) mass is 209 g/mol. The molecule has 0 atom stereocenters. The van der Waals surface area contributed by atoms with Gasteiger partial charge in [0.1, 0.15) is 5.75 Å². The molecule has 0 unspecified atom stereocenters. The highest BCUT2D eigenvalue weighted by Crippen LogP contribution is 2.22. The lowest BCUT2D eigenvalue weighted by Crippen LogP contribution is -2.15. The molecule has 0 bridgehead atoms. The van der Waals surface area contributed by atoms with Crippen molar-refractivity contribution in [3.63, 3.8) is 0 Å². The lowest BCUT2D eigenvalue weighted by molar-refractivity contribution is 0.182. The molecule has 2 rings (SSSR count). The predicted octanol–water partition coefficient (Wildman–Crippen LogP) is 3.32. The van der Waals surface area contributed by atoms with E-state index in [2.05, 4.69) is 4.98 Å². The van der Waals surface area contributed by atoms with Gasteiger partial charge in [0.2, 0.25) is 5.95 Å². The summed E-state index contributed by atoms with van der Waals surface area (Å²) in [5.74, 6) is 0.228. The Labute approximate surface area is 89.5 Å². The summed E-state index contributed by atoms with van der Waals surface area (Å²) in [5.41, 5.74) is 0. The fourth-order valence-corrected chi connectivity index (χ4v) is 1.98. The van der Waals surface area contributed by atoms with Crippen molar-refractivity contribution < 1.29 is 9.13 Å². The largest absolute Gasteiger partial charge is 0.489 e. The van der Waals surface area contributed by atoms with E-state index in [0.717, 1.165) is 12.8 Å². The summed E-state index contributed by atoms with van der Waals surface area (Å²) < 4.78 is 18.3. The minimum absolute atomic E-state index is 0.291. The molecule has 1 aromatic rings. The highest BCUT2D eigenvalue weighted by atomic mass is 19.1. The first kappa shape index (κ1) is 10.4. The van der Waals surface area contributed by atoms with Gasteiger partial charge in [-0.05, 0) is 37.8 Å². The first-order chi connectivity index (χ1) is 7.34. The van der Waals surface area contributed by atoms with E-state index < -0.39 is 5.95 Å². The van der Waals surface area contributed by atoms with Gasteiger partial charge in [0, 0.05) is 0 Å². The van der Waals surface area contributed by atoms with Crippen LogP contribution < -0.4 is 4.74 Å². The Bertz CT molecular complexity index is 291. The maximum atomic E-state index is 12.6. The van der Waals surface area contributed by atoms with E-state index in [1.807, 2.05) is 0 Å². The first-order valence-corrected chi connectivity index (χ1v) is 5.63. The van der Waals surface area contributed by atoms with Crippen molar-refractivity contribution in [1.29, 1.82) is 0 Å². The van der Waals surface area contributed by atoms with Crippen LogP contribution in [-0.4, -0.2) is 11.1 Å². The smallest absolute Gasteiger partial charge is 0.213 e. The number of nitrogens with zero attached hydrogens (tertiary/aromatic N) is 1. The number of ether oxygens (including phenoxy) is 1. The molecular formula is C12H16FNO. The second-order valence-corrected chi connectivity index (χ2v) is 4.05. The number of rotatable bonds is 2. The van der Waals surface area contributed by atoms with Gasteiger partial charge in [-0.3, -0.25) is 0 Å². The third-order valence-electron chi connectivity index (χ3n) is 2.81. The minimum Gasteiger partial charge on any atom is -0.489 e. The Balaban J connectivity index is 1.92. The zero-order chi connectivity index (χ0) is 10.5. The van der Waals surface area contributed by atoms with Crippen LogP contribution in [0.2, 0.25) is 0 Å². The predicted molar refractivity (Wildman–Crippen MR) is 56.3 cm³/mol. The van der Waals surface area contributed by atoms with Gasteiger partial charge in [-0.15, -0.1) is 0 Å². The van der Waals surface area contributed by atoms with E-state index in [1.54, 1.807) is 6.07 Å². The van der Waals surface area contributed by atoms with Gasteiger partial charge in [0.15, 0.2) is 0 Å². The van der Waals surface area contributed by atoms with Crippen LogP contribution in [0.4, 0.5) is 4.39 Å². The maximum Gasteiger partial charge on any atom is 0.213 e. The molecule has 1 fully saturated rings. The summed E-state index contributed by atoms with van der Waals surface area (Å²) in [7, 11) is 0. The zero-order valence-electron chi connectivity index (χ0n) is 8.79. The summed E-state index contributed by atoms with van der Waals surface area (Å²) in [6, 6.07) is 2.99. The van der Waals surface area contributed by atoms with E-state index in [4.69, 9.17) is 4.74 Å². The molecule has 0 amide bonds. The second kappa shape index (κ2) is 5.10. The molecule has 0 aromatic carbocycles. The van der Waals surface area contributed by atoms with E-state index in [9.17, 15) is 4.39 Å². The Morgan fingerprint density at radius 3 is 2.47 bits per heavy atom. The molecule has 0 N–H and O–H groups in total. The zero-order valence-corrected chi connectivity index (χ0v) is 8.79. The number of aromatic nitrogens is 1. The Morgan fingerprint density at radius 1 is 1.13 bits per heavy atom. The number of pyridine rings is 1. The first-order valence-electron chi connectivity index (χ1n) is 5.63. The second-order valence-electron chi connectivity index (χ2n) is 4.05. The molecule has 1 aliphatic rings. The number of hydrogen-bond acceptors (Lipinski definition) is 2. The van der Waals surface area contributed by atoms with E-state index in [-0.39, 0.29) is 0 Å². The normalized spacial score (nSPS) is 18.5. The summed E-state index contributed by atoms with van der Waals surface area (Å²) in [5, 5.41) is 0. The van der Waals surface area contributed by atoms with Gasteiger partial charge in [-0.2, -0.15) is 4.39 Å². The van der Waals surface area contributed by atoms with Crippen LogP contribution >= 0.6 is 0 Å². The highest BCUT2D eigenvalue weighted by molar-refractivity contribution is 5.16. The van der Waals surface area contributed by atoms with Crippen molar-refractivity contribution >= 4 is 0 Å². The molecule has 0 radical (unpaired) electrons. The Morgan fingerprint density at radius 2 is 1.87 bits per heavy atom. The van der Waals surface area contributed by atoms with E-state index in [1.165, 1.54) is 37.9 Å². The summed E-state index contributed by atoms with van der Waals surface area (Å²) in [4.78, 5) is 3.58. The van der Waals surface area contributed by atoms with E-state index in [0.29, 0.717) is 11.9 Å². The van der Waals surface area contributed by atoms with Gasteiger partial charge in [0.05, 0.1) is 12.3 Å². The molecule has 1 heterocycles. The summed E-state index contributed by atoms with van der Waals surface area (Å²) in [6.45, 7) is 0. The van der Waals surface area contributed by atoms with Crippen molar-refractivity contribution in [3.05, 3.63) is 24.3 Å². The fraction of sp³-hybridized carbons (Fsp3) is 0.583. The molecular weight excluding hydrogens is 193 g/mol. The summed E-state index contributed by atoms with van der Waals surface area (Å²) >= 11 is 0. The Hall–Kier alpha value is -1.12. The minimum atomic E-state index is -0.455. The lowest BCUT2D eigenvalue weighted by Gasteiger charge is -2.16. The lowest BCUT2D eigenvalue weighted by atomic mass is 10.1. The average Bonchev–Trinajstić information content (AvgIpc) is 2.50. The van der Waals surface area contributed by atoms with Crippen molar-refractivity contribution in [3.8, 4) is 5.75 Å². The van der Waals surface area contributed by atoms with Crippen LogP contribution in [-0.2, 0) is 0 Å². The number of halogens is 1. The van der Waals surface area contributed by atoms with Crippen LogP contribution in [0.15, 0.2) is 18.3 Å². The van der Waals surface area contributed by atoms with Crippen LogP contribution in [0.3, 0.4) is 0 Å². The Kier molecular flexibility index (Phi) is 3.54. The molecule has 1 aliphatic carbocycles. The van der Waals surface area contributed by atoms with Gasteiger partial charge in [0.25, 0.3) is 0 Å². The molecule has 0 aliphatic heterocycles. The van der Waals surface area contributed by atoms with Gasteiger partial charge in [-0.1, -0.05) is 12.8 Å².